The number of aryl methyl sites for hydroxylation is 1. The predicted molar refractivity (Wildman–Crippen MR) is 87.6 cm³/mol. The van der Waals surface area contributed by atoms with Crippen molar-refractivity contribution in [3.05, 3.63) is 30.1 Å². The quantitative estimate of drug-likeness (QED) is 0.843. The number of thioether (sulfide) groups is 1. The predicted octanol–water partition coefficient (Wildman–Crippen LogP) is 3.66. The second-order valence-electron chi connectivity index (χ2n) is 5.47. The Hall–Kier alpha value is -1.29. The topological polar surface area (TPSA) is 29.0 Å². The van der Waals surface area contributed by atoms with Gasteiger partial charge in [0.05, 0.1) is 5.52 Å². The monoisotopic (exact) mass is 287 g/mol. The summed E-state index contributed by atoms with van der Waals surface area (Å²) in [6.45, 7) is 4.32. The average molecular weight is 287 g/mol. The highest BCUT2D eigenvalue weighted by Gasteiger charge is 2.20. The van der Waals surface area contributed by atoms with Crippen molar-refractivity contribution in [1.29, 1.82) is 0 Å². The number of nitrogens with zero attached hydrogens (tertiary/aromatic N) is 3. The van der Waals surface area contributed by atoms with Gasteiger partial charge in [-0.1, -0.05) is 18.6 Å². The van der Waals surface area contributed by atoms with Crippen LogP contribution in [-0.2, 0) is 0 Å². The summed E-state index contributed by atoms with van der Waals surface area (Å²) in [7, 11) is 0. The zero-order valence-electron chi connectivity index (χ0n) is 12.2. The fraction of sp³-hybridized carbons (Fsp3) is 0.500. The van der Waals surface area contributed by atoms with Crippen molar-refractivity contribution in [2.75, 3.05) is 24.2 Å². The second-order valence-corrected chi connectivity index (χ2v) is 6.61. The van der Waals surface area contributed by atoms with Gasteiger partial charge < -0.3 is 4.90 Å². The first-order valence-corrected chi connectivity index (χ1v) is 8.56. The molecule has 3 rings (SSSR count). The number of hydrogen-bond donors (Lipinski definition) is 0. The molecule has 0 saturated carbocycles. The number of benzene rings is 1. The molecule has 1 fully saturated rings. The molecular formula is C16H21N3S. The molecule has 0 N–H and O–H groups in total. The lowest BCUT2D eigenvalue weighted by atomic mass is 10.1. The van der Waals surface area contributed by atoms with Crippen molar-refractivity contribution in [3.8, 4) is 0 Å². The Kier molecular flexibility index (Phi) is 4.10. The minimum absolute atomic E-state index is 0.715. The van der Waals surface area contributed by atoms with E-state index in [1.165, 1.54) is 30.2 Å². The van der Waals surface area contributed by atoms with Crippen LogP contribution in [0.1, 0.15) is 24.8 Å². The first-order chi connectivity index (χ1) is 9.79. The van der Waals surface area contributed by atoms with Crippen molar-refractivity contribution in [2.45, 2.75) is 31.4 Å². The smallest absolute Gasteiger partial charge is 0.139 e. The Balaban J connectivity index is 2.02. The van der Waals surface area contributed by atoms with E-state index in [1.807, 2.05) is 11.8 Å². The number of para-hydroxylation sites is 1. The van der Waals surface area contributed by atoms with Crippen molar-refractivity contribution in [2.24, 2.45) is 0 Å². The van der Waals surface area contributed by atoms with Gasteiger partial charge >= 0.3 is 0 Å². The lowest BCUT2D eigenvalue weighted by Gasteiger charge is -2.25. The molecule has 4 heteroatoms. The van der Waals surface area contributed by atoms with E-state index in [9.17, 15) is 0 Å². The van der Waals surface area contributed by atoms with Gasteiger partial charge in [-0.15, -0.1) is 0 Å². The molecule has 106 valence electrons. The molecule has 20 heavy (non-hydrogen) atoms. The summed E-state index contributed by atoms with van der Waals surface area (Å²) in [4.78, 5) is 11.5. The number of hydrogen-bond acceptors (Lipinski definition) is 4. The van der Waals surface area contributed by atoms with Crippen LogP contribution in [0.15, 0.2) is 24.5 Å². The summed E-state index contributed by atoms with van der Waals surface area (Å²) in [5, 5.41) is 1.90. The number of aromatic nitrogens is 2. The zero-order valence-corrected chi connectivity index (χ0v) is 13.0. The summed E-state index contributed by atoms with van der Waals surface area (Å²) in [6.07, 6.45) is 7.83. The van der Waals surface area contributed by atoms with Crippen LogP contribution in [0.4, 0.5) is 5.82 Å². The third kappa shape index (κ3) is 2.62. The van der Waals surface area contributed by atoms with Crippen LogP contribution >= 0.6 is 11.8 Å². The Morgan fingerprint density at radius 1 is 1.25 bits per heavy atom. The molecule has 1 unspecified atom stereocenters. The summed E-state index contributed by atoms with van der Waals surface area (Å²) in [5.41, 5.74) is 2.31. The Morgan fingerprint density at radius 2 is 2.15 bits per heavy atom. The van der Waals surface area contributed by atoms with Crippen LogP contribution in [0.3, 0.4) is 0 Å². The third-order valence-electron chi connectivity index (χ3n) is 4.11. The van der Waals surface area contributed by atoms with E-state index in [0.717, 1.165) is 24.4 Å². The number of fused-ring (bicyclic) bond motifs is 1. The van der Waals surface area contributed by atoms with E-state index >= 15 is 0 Å². The molecule has 0 amide bonds. The van der Waals surface area contributed by atoms with Crippen molar-refractivity contribution in [1.82, 2.24) is 9.97 Å². The van der Waals surface area contributed by atoms with Gasteiger partial charge in [0, 0.05) is 23.7 Å². The fourth-order valence-corrected chi connectivity index (χ4v) is 3.69. The molecule has 1 aromatic carbocycles. The molecule has 1 atom stereocenters. The van der Waals surface area contributed by atoms with Gasteiger partial charge in [-0.25, -0.2) is 9.97 Å². The number of anilines is 1. The van der Waals surface area contributed by atoms with Crippen LogP contribution in [-0.4, -0.2) is 34.6 Å². The molecule has 1 aliphatic rings. The number of rotatable bonds is 2. The van der Waals surface area contributed by atoms with Gasteiger partial charge in [0.2, 0.25) is 0 Å². The minimum atomic E-state index is 0.715. The highest BCUT2D eigenvalue weighted by Crippen LogP contribution is 2.28. The van der Waals surface area contributed by atoms with E-state index in [2.05, 4.69) is 46.2 Å². The molecule has 3 nitrogen and oxygen atoms in total. The maximum Gasteiger partial charge on any atom is 0.139 e. The van der Waals surface area contributed by atoms with E-state index in [0.29, 0.717) is 5.25 Å². The lowest BCUT2D eigenvalue weighted by Crippen LogP contribution is -2.30. The second kappa shape index (κ2) is 6.00. The Bertz CT molecular complexity index is 599. The fourth-order valence-electron chi connectivity index (χ4n) is 2.96. The van der Waals surface area contributed by atoms with E-state index in [4.69, 9.17) is 0 Å². The summed E-state index contributed by atoms with van der Waals surface area (Å²) in [5.74, 6) is 1.11. The van der Waals surface area contributed by atoms with Crippen LogP contribution in [0.2, 0.25) is 0 Å². The van der Waals surface area contributed by atoms with Crippen LogP contribution in [0.5, 0.6) is 0 Å². The van der Waals surface area contributed by atoms with Gasteiger partial charge in [0.15, 0.2) is 0 Å². The first-order valence-electron chi connectivity index (χ1n) is 7.27. The molecule has 1 saturated heterocycles. The minimum Gasteiger partial charge on any atom is -0.355 e. The van der Waals surface area contributed by atoms with Crippen LogP contribution in [0.25, 0.3) is 10.9 Å². The lowest BCUT2D eigenvalue weighted by molar-refractivity contribution is 0.736. The molecule has 1 aliphatic heterocycles. The highest BCUT2D eigenvalue weighted by atomic mass is 32.2. The SMILES string of the molecule is CSC1CCCCN(c2ncnc3c(C)cccc23)C1. The van der Waals surface area contributed by atoms with Gasteiger partial charge in [-0.2, -0.15) is 11.8 Å². The molecule has 2 aromatic rings. The maximum atomic E-state index is 4.59. The van der Waals surface area contributed by atoms with Gasteiger partial charge in [-0.3, -0.25) is 0 Å². The third-order valence-corrected chi connectivity index (χ3v) is 5.16. The highest BCUT2D eigenvalue weighted by molar-refractivity contribution is 7.99. The molecule has 0 aliphatic carbocycles. The van der Waals surface area contributed by atoms with Gasteiger partial charge in [0.25, 0.3) is 0 Å². The Morgan fingerprint density at radius 3 is 3.00 bits per heavy atom. The maximum absolute atomic E-state index is 4.59. The average Bonchev–Trinajstić information content (AvgIpc) is 2.72. The standard InChI is InChI=1S/C16H21N3S/c1-12-6-5-8-14-15(12)17-11-18-16(14)19-9-4-3-7-13(10-19)20-2/h5-6,8,11,13H,3-4,7,9-10H2,1-2H3. The van der Waals surface area contributed by atoms with Gasteiger partial charge in [-0.05, 0) is 37.7 Å². The zero-order chi connectivity index (χ0) is 13.9. The summed E-state index contributed by atoms with van der Waals surface area (Å²) < 4.78 is 0. The van der Waals surface area contributed by atoms with Gasteiger partial charge in [0.1, 0.15) is 12.1 Å². The largest absolute Gasteiger partial charge is 0.355 e. The molecule has 2 heterocycles. The van der Waals surface area contributed by atoms with E-state index in [-0.39, 0.29) is 0 Å². The first kappa shape index (κ1) is 13.7. The van der Waals surface area contributed by atoms with Crippen LogP contribution in [0, 0.1) is 6.92 Å². The Labute approximate surface area is 124 Å². The molecular weight excluding hydrogens is 266 g/mol. The van der Waals surface area contributed by atoms with Crippen molar-refractivity contribution >= 4 is 28.5 Å². The summed E-state index contributed by atoms with van der Waals surface area (Å²) in [6, 6.07) is 6.37. The van der Waals surface area contributed by atoms with E-state index < -0.39 is 0 Å². The molecule has 0 bridgehead atoms. The van der Waals surface area contributed by atoms with Crippen LogP contribution < -0.4 is 4.90 Å². The molecule has 1 aromatic heterocycles. The van der Waals surface area contributed by atoms with Crippen molar-refractivity contribution < 1.29 is 0 Å². The molecule has 0 radical (unpaired) electrons. The van der Waals surface area contributed by atoms with Crippen molar-refractivity contribution in [3.63, 3.8) is 0 Å². The summed E-state index contributed by atoms with van der Waals surface area (Å²) >= 11 is 1.98. The normalized spacial score (nSPS) is 20.1. The molecule has 0 spiro atoms. The van der Waals surface area contributed by atoms with E-state index in [1.54, 1.807) is 6.33 Å².